The van der Waals surface area contributed by atoms with Crippen LogP contribution in [0.25, 0.3) is 10.6 Å². The van der Waals surface area contributed by atoms with Crippen LogP contribution < -0.4 is 21.9 Å². The molecule has 8 nitrogen and oxygen atoms in total. The molecule has 0 radical (unpaired) electrons. The number of aromatic nitrogens is 3. The normalized spacial score (nSPS) is 11.0. The smallest absolute Gasteiger partial charge is 0.330 e. The molecule has 0 saturated heterocycles. The van der Waals surface area contributed by atoms with Crippen molar-refractivity contribution in [2.45, 2.75) is 46.6 Å². The van der Waals surface area contributed by atoms with E-state index >= 15 is 0 Å². The van der Waals surface area contributed by atoms with Crippen molar-refractivity contribution in [1.29, 1.82) is 0 Å². The van der Waals surface area contributed by atoms with E-state index in [1.165, 1.54) is 32.9 Å². The van der Waals surface area contributed by atoms with Crippen molar-refractivity contribution in [2.24, 2.45) is 0 Å². The number of carbonyl (C=O) groups is 1. The lowest BCUT2D eigenvalue weighted by atomic mass is 10.2. The van der Waals surface area contributed by atoms with Gasteiger partial charge in [-0.25, -0.2) is 14.2 Å². The van der Waals surface area contributed by atoms with E-state index in [2.05, 4.69) is 9.97 Å². The maximum absolute atomic E-state index is 13.6. The summed E-state index contributed by atoms with van der Waals surface area (Å²) in [4.78, 5) is 46.9. The number of rotatable bonds is 8. The standard InChI is InChI=1S/C22H26FN5O3S/c1-4-6-12-27(16-18(24)28(11-5-2)22(31)26-19(16)29)21(30)17-13(3)25-20(32-17)14-7-9-15(23)10-8-14/h7-10H,4-6,11-12,24H2,1-3H3,(H,26,29,31). The van der Waals surface area contributed by atoms with Gasteiger partial charge in [-0.3, -0.25) is 24.0 Å². The molecule has 2 heterocycles. The van der Waals surface area contributed by atoms with Gasteiger partial charge in [-0.15, -0.1) is 11.3 Å². The van der Waals surface area contributed by atoms with Gasteiger partial charge in [0.1, 0.15) is 21.5 Å². The number of H-pyrrole nitrogens is 1. The first kappa shape index (κ1) is 23.4. The van der Waals surface area contributed by atoms with Gasteiger partial charge >= 0.3 is 5.69 Å². The Morgan fingerprint density at radius 2 is 1.91 bits per heavy atom. The molecule has 0 saturated carbocycles. The molecule has 170 valence electrons. The summed E-state index contributed by atoms with van der Waals surface area (Å²) in [7, 11) is 0. The lowest BCUT2D eigenvalue weighted by molar-refractivity contribution is 0.0989. The number of halogens is 1. The number of benzene rings is 1. The molecule has 3 aromatic rings. The lowest BCUT2D eigenvalue weighted by Crippen LogP contribution is -2.41. The summed E-state index contributed by atoms with van der Waals surface area (Å²) in [6.07, 6.45) is 2.06. The van der Waals surface area contributed by atoms with Crippen molar-refractivity contribution in [3.8, 4) is 10.6 Å². The summed E-state index contributed by atoms with van der Waals surface area (Å²) in [5.74, 6) is -0.812. The average Bonchev–Trinajstić information content (AvgIpc) is 3.15. The Bertz CT molecular complexity index is 1230. The molecule has 32 heavy (non-hydrogen) atoms. The SMILES string of the molecule is CCCCN(C(=O)c1sc(-c2ccc(F)cc2)nc1C)c1c(N)n(CCC)c(=O)[nH]c1=O. The van der Waals surface area contributed by atoms with Crippen LogP contribution in [0, 0.1) is 12.7 Å². The van der Waals surface area contributed by atoms with Gasteiger partial charge in [-0.05, 0) is 44.0 Å². The number of nitrogens with two attached hydrogens (primary N) is 1. The van der Waals surface area contributed by atoms with Crippen LogP contribution in [0.3, 0.4) is 0 Å². The van der Waals surface area contributed by atoms with Crippen molar-refractivity contribution in [3.05, 3.63) is 61.5 Å². The third-order valence-corrected chi connectivity index (χ3v) is 6.19. The summed E-state index contributed by atoms with van der Waals surface area (Å²) in [6, 6.07) is 5.86. The molecule has 0 aliphatic carbocycles. The number of unbranched alkanes of at least 4 members (excludes halogenated alkanes) is 1. The summed E-state index contributed by atoms with van der Waals surface area (Å²) in [5, 5.41) is 0.569. The van der Waals surface area contributed by atoms with Gasteiger partial charge in [0.05, 0.1) is 5.69 Å². The molecule has 0 spiro atoms. The first-order chi connectivity index (χ1) is 15.3. The van der Waals surface area contributed by atoms with Gasteiger partial charge in [0.25, 0.3) is 11.5 Å². The quantitative estimate of drug-likeness (QED) is 0.535. The molecule has 0 bridgehead atoms. The van der Waals surface area contributed by atoms with E-state index < -0.39 is 17.2 Å². The number of thiazole rings is 1. The van der Waals surface area contributed by atoms with Crippen molar-refractivity contribution >= 4 is 28.7 Å². The van der Waals surface area contributed by atoms with Crippen LogP contribution in [0.5, 0.6) is 0 Å². The highest BCUT2D eigenvalue weighted by atomic mass is 32.1. The molecular formula is C22H26FN5O3S. The van der Waals surface area contributed by atoms with Crippen LogP contribution in [-0.4, -0.2) is 27.0 Å². The number of nitrogen functional groups attached to an aromatic ring is 1. The monoisotopic (exact) mass is 459 g/mol. The summed E-state index contributed by atoms with van der Waals surface area (Å²) in [6.45, 7) is 6.14. The molecule has 1 amide bonds. The van der Waals surface area contributed by atoms with E-state index in [1.54, 1.807) is 19.1 Å². The number of hydrogen-bond acceptors (Lipinski definition) is 6. The summed E-state index contributed by atoms with van der Waals surface area (Å²) < 4.78 is 14.5. The Morgan fingerprint density at radius 1 is 1.22 bits per heavy atom. The third-order valence-electron chi connectivity index (χ3n) is 4.99. The molecule has 2 aromatic heterocycles. The first-order valence-corrected chi connectivity index (χ1v) is 11.3. The topological polar surface area (TPSA) is 114 Å². The van der Waals surface area contributed by atoms with Crippen LogP contribution in [0.1, 0.15) is 48.5 Å². The predicted octanol–water partition coefficient (Wildman–Crippen LogP) is 3.55. The van der Waals surface area contributed by atoms with E-state index in [9.17, 15) is 18.8 Å². The molecule has 1 aromatic carbocycles. The first-order valence-electron chi connectivity index (χ1n) is 10.5. The second-order valence-electron chi connectivity index (χ2n) is 7.40. The van der Waals surface area contributed by atoms with Crippen LogP contribution >= 0.6 is 11.3 Å². The van der Waals surface area contributed by atoms with Gasteiger partial charge in [-0.2, -0.15) is 0 Å². The Balaban J connectivity index is 2.09. The Kier molecular flexibility index (Phi) is 7.24. The minimum Gasteiger partial charge on any atom is -0.383 e. The minimum atomic E-state index is -0.703. The summed E-state index contributed by atoms with van der Waals surface area (Å²) in [5.41, 5.74) is 6.05. The van der Waals surface area contributed by atoms with Crippen molar-refractivity contribution in [2.75, 3.05) is 17.2 Å². The number of nitrogens with one attached hydrogen (secondary N) is 1. The zero-order valence-corrected chi connectivity index (χ0v) is 19.1. The molecule has 0 unspecified atom stereocenters. The maximum atomic E-state index is 13.6. The minimum absolute atomic E-state index is 0.0346. The number of carbonyl (C=O) groups excluding carboxylic acids is 1. The number of anilines is 2. The molecular weight excluding hydrogens is 433 g/mol. The fraction of sp³-hybridized carbons (Fsp3) is 0.364. The second-order valence-corrected chi connectivity index (χ2v) is 8.39. The van der Waals surface area contributed by atoms with Crippen LogP contribution in [0.4, 0.5) is 15.9 Å². The number of amides is 1. The van der Waals surface area contributed by atoms with Crippen LogP contribution in [0.15, 0.2) is 33.9 Å². The zero-order valence-electron chi connectivity index (χ0n) is 18.3. The Labute approximate surface area is 188 Å². The highest BCUT2D eigenvalue weighted by Crippen LogP contribution is 2.30. The third kappa shape index (κ3) is 4.64. The fourth-order valence-electron chi connectivity index (χ4n) is 3.35. The molecule has 0 atom stereocenters. The molecule has 3 rings (SSSR count). The van der Waals surface area contributed by atoms with E-state index in [0.717, 1.165) is 6.42 Å². The van der Waals surface area contributed by atoms with E-state index in [-0.39, 0.29) is 23.9 Å². The molecule has 0 fully saturated rings. The number of nitrogens with zero attached hydrogens (tertiary/aromatic N) is 3. The summed E-state index contributed by atoms with van der Waals surface area (Å²) >= 11 is 1.17. The van der Waals surface area contributed by atoms with E-state index in [4.69, 9.17) is 5.73 Å². The molecule has 10 heteroatoms. The predicted molar refractivity (Wildman–Crippen MR) is 125 cm³/mol. The molecule has 0 aliphatic heterocycles. The highest BCUT2D eigenvalue weighted by molar-refractivity contribution is 7.17. The van der Waals surface area contributed by atoms with Gasteiger partial charge in [0, 0.05) is 18.7 Å². The molecule has 0 aliphatic rings. The lowest BCUT2D eigenvalue weighted by Gasteiger charge is -2.24. The maximum Gasteiger partial charge on any atom is 0.330 e. The fourth-order valence-corrected chi connectivity index (χ4v) is 4.37. The number of aromatic amines is 1. The Morgan fingerprint density at radius 3 is 2.53 bits per heavy atom. The number of hydrogen-bond donors (Lipinski definition) is 2. The average molecular weight is 460 g/mol. The highest BCUT2D eigenvalue weighted by Gasteiger charge is 2.28. The van der Waals surface area contributed by atoms with E-state index in [1.807, 2.05) is 13.8 Å². The van der Waals surface area contributed by atoms with Crippen LogP contribution in [-0.2, 0) is 6.54 Å². The Hall–Kier alpha value is -3.27. The number of aryl methyl sites for hydroxylation is 1. The van der Waals surface area contributed by atoms with Gasteiger partial charge in [-0.1, -0.05) is 20.3 Å². The van der Waals surface area contributed by atoms with Crippen molar-refractivity contribution < 1.29 is 9.18 Å². The van der Waals surface area contributed by atoms with Crippen molar-refractivity contribution in [3.63, 3.8) is 0 Å². The van der Waals surface area contributed by atoms with Gasteiger partial charge in [0.15, 0.2) is 5.69 Å². The van der Waals surface area contributed by atoms with Crippen molar-refractivity contribution in [1.82, 2.24) is 14.5 Å². The largest absolute Gasteiger partial charge is 0.383 e. The van der Waals surface area contributed by atoms with E-state index in [0.29, 0.717) is 40.5 Å². The van der Waals surface area contributed by atoms with Crippen LogP contribution in [0.2, 0.25) is 0 Å². The van der Waals surface area contributed by atoms with Gasteiger partial charge in [0.2, 0.25) is 0 Å². The van der Waals surface area contributed by atoms with Gasteiger partial charge < -0.3 is 5.73 Å². The molecule has 3 N–H and O–H groups in total. The zero-order chi connectivity index (χ0) is 23.4. The second kappa shape index (κ2) is 9.90.